The maximum atomic E-state index is 13.8. The third-order valence-electron chi connectivity index (χ3n) is 5.52. The van der Waals surface area contributed by atoms with Crippen LogP contribution in [0.2, 0.25) is 0 Å². The maximum Gasteiger partial charge on any atom is 0.322 e. The van der Waals surface area contributed by atoms with Gasteiger partial charge in [0.05, 0.1) is 11.4 Å². The van der Waals surface area contributed by atoms with Crippen LogP contribution in [-0.4, -0.2) is 67.4 Å². The van der Waals surface area contributed by atoms with Gasteiger partial charge in [0.1, 0.15) is 0 Å². The molecule has 2 aromatic carbocycles. The summed E-state index contributed by atoms with van der Waals surface area (Å²) < 4.78 is 0. The van der Waals surface area contributed by atoms with E-state index in [0.29, 0.717) is 36.1 Å². The van der Waals surface area contributed by atoms with Gasteiger partial charge >= 0.3 is 6.03 Å². The molecule has 0 aromatic heterocycles. The molecule has 0 saturated heterocycles. The quantitative estimate of drug-likeness (QED) is 0.602. The van der Waals surface area contributed by atoms with E-state index in [9.17, 15) is 14.4 Å². The van der Waals surface area contributed by atoms with Crippen molar-refractivity contribution in [1.29, 1.82) is 0 Å². The van der Waals surface area contributed by atoms with Crippen LogP contribution < -0.4 is 15.5 Å². The molecule has 33 heavy (non-hydrogen) atoms. The number of anilines is 3. The molecule has 176 valence electrons. The van der Waals surface area contributed by atoms with Crippen molar-refractivity contribution in [2.24, 2.45) is 5.92 Å². The second-order valence-electron chi connectivity index (χ2n) is 8.87. The lowest BCUT2D eigenvalue weighted by Gasteiger charge is -2.32. The van der Waals surface area contributed by atoms with Crippen LogP contribution in [0.3, 0.4) is 0 Å². The summed E-state index contributed by atoms with van der Waals surface area (Å²) in [6, 6.07) is 14.5. The van der Waals surface area contributed by atoms with Crippen molar-refractivity contribution in [2.45, 2.75) is 26.3 Å². The summed E-state index contributed by atoms with van der Waals surface area (Å²) in [4.78, 5) is 45.3. The Labute approximate surface area is 195 Å². The number of likely N-dealkylation sites (N-methyl/N-ethyl adjacent to an activating group) is 1. The first-order valence-corrected chi connectivity index (χ1v) is 11.3. The largest absolute Gasteiger partial charge is 0.322 e. The number of carbonyl (C=O) groups excluding carboxylic acids is 3. The molecule has 2 N–H and O–H groups in total. The summed E-state index contributed by atoms with van der Waals surface area (Å²) in [5.74, 6) is -0.539. The molecule has 8 heteroatoms. The van der Waals surface area contributed by atoms with Gasteiger partial charge in [-0.05, 0) is 50.7 Å². The van der Waals surface area contributed by atoms with Gasteiger partial charge in [-0.1, -0.05) is 44.2 Å². The Morgan fingerprint density at radius 1 is 1.03 bits per heavy atom. The van der Waals surface area contributed by atoms with Gasteiger partial charge < -0.3 is 25.3 Å². The molecular formula is C25H33N5O3. The molecule has 8 nitrogen and oxygen atoms in total. The second-order valence-corrected chi connectivity index (χ2v) is 8.87. The molecule has 1 heterocycles. The summed E-state index contributed by atoms with van der Waals surface area (Å²) in [5, 5.41) is 5.70. The van der Waals surface area contributed by atoms with Crippen LogP contribution in [-0.2, 0) is 9.59 Å². The van der Waals surface area contributed by atoms with Crippen LogP contribution in [0.4, 0.5) is 21.9 Å². The number of para-hydroxylation sites is 3. The molecular weight excluding hydrogens is 418 g/mol. The van der Waals surface area contributed by atoms with Gasteiger partial charge in [-0.3, -0.25) is 9.59 Å². The van der Waals surface area contributed by atoms with Crippen molar-refractivity contribution in [2.75, 3.05) is 49.3 Å². The highest BCUT2D eigenvalue weighted by Crippen LogP contribution is 2.31. The van der Waals surface area contributed by atoms with Gasteiger partial charge in [-0.2, -0.15) is 0 Å². The number of hydrogen-bond donors (Lipinski definition) is 2. The van der Waals surface area contributed by atoms with E-state index in [-0.39, 0.29) is 6.54 Å². The summed E-state index contributed by atoms with van der Waals surface area (Å²) in [7, 11) is 3.76. The molecule has 1 aliphatic rings. The molecule has 1 aliphatic heterocycles. The Hall–Kier alpha value is -3.39. The monoisotopic (exact) mass is 451 g/mol. The van der Waals surface area contributed by atoms with Crippen LogP contribution in [0, 0.1) is 5.92 Å². The highest BCUT2D eigenvalue weighted by atomic mass is 16.2. The van der Waals surface area contributed by atoms with E-state index < -0.39 is 23.9 Å². The zero-order valence-electron chi connectivity index (χ0n) is 19.7. The van der Waals surface area contributed by atoms with Crippen molar-refractivity contribution in [3.05, 3.63) is 54.6 Å². The number of fused-ring (bicyclic) bond motifs is 1. The highest BCUT2D eigenvalue weighted by molar-refractivity contribution is 6.20. The van der Waals surface area contributed by atoms with Gasteiger partial charge in [-0.15, -0.1) is 0 Å². The van der Waals surface area contributed by atoms with Crippen LogP contribution in [0.15, 0.2) is 54.6 Å². The second kappa shape index (κ2) is 11.0. The Morgan fingerprint density at radius 2 is 1.70 bits per heavy atom. The lowest BCUT2D eigenvalue weighted by atomic mass is 10.1. The van der Waals surface area contributed by atoms with Crippen LogP contribution >= 0.6 is 0 Å². The smallest absolute Gasteiger partial charge is 0.322 e. The Kier molecular flexibility index (Phi) is 8.06. The van der Waals surface area contributed by atoms with E-state index in [4.69, 9.17) is 0 Å². The number of hydrogen-bond acceptors (Lipinski definition) is 4. The maximum absolute atomic E-state index is 13.8. The molecule has 1 atom stereocenters. The molecule has 0 bridgehead atoms. The topological polar surface area (TPSA) is 85.0 Å². The number of carbonyl (C=O) groups is 3. The Bertz CT molecular complexity index is 977. The molecule has 0 spiro atoms. The van der Waals surface area contributed by atoms with Crippen molar-refractivity contribution >= 4 is 34.9 Å². The van der Waals surface area contributed by atoms with E-state index in [1.165, 1.54) is 4.90 Å². The normalized spacial score (nSPS) is 15.8. The number of nitrogens with one attached hydrogen (secondary N) is 2. The van der Waals surface area contributed by atoms with Gasteiger partial charge in [0.25, 0.3) is 11.8 Å². The van der Waals surface area contributed by atoms with Crippen molar-refractivity contribution in [1.82, 2.24) is 9.80 Å². The predicted molar refractivity (Wildman–Crippen MR) is 131 cm³/mol. The highest BCUT2D eigenvalue weighted by Gasteiger charge is 2.42. The third-order valence-corrected chi connectivity index (χ3v) is 5.52. The van der Waals surface area contributed by atoms with E-state index in [1.54, 1.807) is 23.1 Å². The molecule has 0 aliphatic carbocycles. The lowest BCUT2D eigenvalue weighted by molar-refractivity contribution is -0.131. The average molecular weight is 452 g/mol. The number of amides is 4. The van der Waals surface area contributed by atoms with E-state index in [0.717, 1.165) is 6.42 Å². The molecule has 2 aromatic rings. The molecule has 0 radical (unpaired) electrons. The molecule has 3 rings (SSSR count). The molecule has 4 amide bonds. The zero-order chi connectivity index (χ0) is 24.0. The van der Waals surface area contributed by atoms with Crippen LogP contribution in [0.1, 0.15) is 20.3 Å². The third kappa shape index (κ3) is 6.10. The number of nitrogens with zero attached hydrogens (tertiary/aromatic N) is 3. The fraction of sp³-hybridized carbons (Fsp3) is 0.400. The minimum Gasteiger partial charge on any atom is -0.322 e. The minimum atomic E-state index is -1.28. The fourth-order valence-electron chi connectivity index (χ4n) is 3.66. The van der Waals surface area contributed by atoms with Gasteiger partial charge in [-0.25, -0.2) is 4.79 Å². The van der Waals surface area contributed by atoms with Crippen LogP contribution in [0.25, 0.3) is 0 Å². The van der Waals surface area contributed by atoms with E-state index >= 15 is 0 Å². The fourth-order valence-corrected chi connectivity index (χ4v) is 3.66. The lowest BCUT2D eigenvalue weighted by Crippen LogP contribution is -2.57. The zero-order valence-corrected chi connectivity index (χ0v) is 19.7. The average Bonchev–Trinajstić information content (AvgIpc) is 2.87. The SMILES string of the molecule is CC(C)CCN1C(=O)C(N(CCN(C)C)C(=O)Nc2ccccc2)C(=O)Nc2ccccc21. The summed E-state index contributed by atoms with van der Waals surface area (Å²) >= 11 is 0. The van der Waals surface area contributed by atoms with Crippen molar-refractivity contribution < 1.29 is 14.4 Å². The summed E-state index contributed by atoms with van der Waals surface area (Å²) in [6.07, 6.45) is 0.773. The van der Waals surface area contributed by atoms with Gasteiger partial charge in [0.2, 0.25) is 0 Å². The van der Waals surface area contributed by atoms with Gasteiger partial charge in [0, 0.05) is 25.3 Å². The first kappa shape index (κ1) is 24.3. The van der Waals surface area contributed by atoms with Crippen molar-refractivity contribution in [3.8, 4) is 0 Å². The molecule has 0 saturated carbocycles. The number of urea groups is 1. The summed E-state index contributed by atoms with van der Waals surface area (Å²) in [5.41, 5.74) is 1.81. The van der Waals surface area contributed by atoms with Crippen molar-refractivity contribution in [3.63, 3.8) is 0 Å². The first-order chi connectivity index (χ1) is 15.8. The molecule has 0 fully saturated rings. The van der Waals surface area contributed by atoms with Gasteiger partial charge in [0.15, 0.2) is 6.04 Å². The standard InChI is InChI=1S/C25H33N5O3/c1-18(2)14-15-29-21-13-9-8-12-20(21)27-23(31)22(24(29)32)30(17-16-28(3)4)25(33)26-19-10-6-5-7-11-19/h5-13,18,22H,14-17H2,1-4H3,(H,26,33)(H,27,31). The first-order valence-electron chi connectivity index (χ1n) is 11.3. The summed E-state index contributed by atoms with van der Waals surface area (Å²) in [6.45, 7) is 5.35. The van der Waals surface area contributed by atoms with Crippen LogP contribution in [0.5, 0.6) is 0 Å². The predicted octanol–water partition coefficient (Wildman–Crippen LogP) is 3.48. The number of rotatable bonds is 8. The molecule has 1 unspecified atom stereocenters. The number of benzene rings is 2. The Morgan fingerprint density at radius 3 is 2.36 bits per heavy atom. The van der Waals surface area contributed by atoms with E-state index in [2.05, 4.69) is 24.5 Å². The Balaban J connectivity index is 1.97. The minimum absolute atomic E-state index is 0.212. The van der Waals surface area contributed by atoms with E-state index in [1.807, 2.05) is 55.4 Å².